The van der Waals surface area contributed by atoms with Crippen LogP contribution >= 0.6 is 0 Å². The lowest BCUT2D eigenvalue weighted by molar-refractivity contribution is -0.125. The summed E-state index contributed by atoms with van der Waals surface area (Å²) < 4.78 is 1.63. The highest BCUT2D eigenvalue weighted by Gasteiger charge is 2.36. The van der Waals surface area contributed by atoms with Gasteiger partial charge >= 0.3 is 0 Å². The molecule has 0 spiro atoms. The number of likely N-dealkylation sites (tertiary alicyclic amines) is 1. The Labute approximate surface area is 203 Å². The van der Waals surface area contributed by atoms with Crippen LogP contribution in [0.3, 0.4) is 0 Å². The van der Waals surface area contributed by atoms with Crippen LogP contribution in [0.25, 0.3) is 0 Å². The SMILES string of the molecule is O=C(NCc1cccnc1)[C@H]1CCCN1C(=O)c1cc2n(n1)CCCN(Cc1ccccc1)C2=O. The Kier molecular flexibility index (Phi) is 6.56. The molecule has 0 saturated carbocycles. The van der Waals surface area contributed by atoms with Crippen molar-refractivity contribution < 1.29 is 14.4 Å². The van der Waals surface area contributed by atoms with Crippen molar-refractivity contribution >= 4 is 17.7 Å². The zero-order valence-corrected chi connectivity index (χ0v) is 19.5. The molecule has 9 nitrogen and oxygen atoms in total. The van der Waals surface area contributed by atoms with Gasteiger partial charge in [0.2, 0.25) is 5.91 Å². The Balaban J connectivity index is 1.28. The van der Waals surface area contributed by atoms with Crippen molar-refractivity contribution in [2.75, 3.05) is 13.1 Å². The second kappa shape index (κ2) is 10.1. The Morgan fingerprint density at radius 2 is 1.83 bits per heavy atom. The predicted molar refractivity (Wildman–Crippen MR) is 128 cm³/mol. The molecule has 2 aliphatic rings. The van der Waals surface area contributed by atoms with Crippen LogP contribution in [0.15, 0.2) is 60.9 Å². The van der Waals surface area contributed by atoms with E-state index in [0.29, 0.717) is 44.8 Å². The molecule has 9 heteroatoms. The highest BCUT2D eigenvalue weighted by atomic mass is 16.2. The first-order valence-electron chi connectivity index (χ1n) is 12.0. The Morgan fingerprint density at radius 1 is 1.00 bits per heavy atom. The number of aryl methyl sites for hydroxylation is 1. The van der Waals surface area contributed by atoms with Gasteiger partial charge in [0.05, 0.1) is 0 Å². The molecule has 1 saturated heterocycles. The fraction of sp³-hybridized carbons (Fsp3) is 0.346. The van der Waals surface area contributed by atoms with Crippen molar-refractivity contribution in [2.24, 2.45) is 0 Å². The second-order valence-electron chi connectivity index (χ2n) is 8.94. The molecule has 2 aliphatic heterocycles. The van der Waals surface area contributed by atoms with Crippen LogP contribution in [0.5, 0.6) is 0 Å². The molecule has 180 valence electrons. The lowest BCUT2D eigenvalue weighted by Gasteiger charge is -2.23. The van der Waals surface area contributed by atoms with E-state index < -0.39 is 6.04 Å². The van der Waals surface area contributed by atoms with Crippen LogP contribution in [-0.2, 0) is 24.4 Å². The Morgan fingerprint density at radius 3 is 2.63 bits per heavy atom. The first kappa shape index (κ1) is 22.8. The van der Waals surface area contributed by atoms with Gasteiger partial charge in [0.1, 0.15) is 11.7 Å². The minimum absolute atomic E-state index is 0.134. The number of carbonyl (C=O) groups excluding carboxylic acids is 3. The van der Waals surface area contributed by atoms with E-state index in [1.54, 1.807) is 32.9 Å². The van der Waals surface area contributed by atoms with Gasteiger partial charge in [-0.1, -0.05) is 36.4 Å². The molecule has 1 fully saturated rings. The van der Waals surface area contributed by atoms with Crippen LogP contribution in [0.2, 0.25) is 0 Å². The van der Waals surface area contributed by atoms with Gasteiger partial charge in [-0.15, -0.1) is 0 Å². The second-order valence-corrected chi connectivity index (χ2v) is 8.94. The average molecular weight is 473 g/mol. The maximum atomic E-state index is 13.4. The van der Waals surface area contributed by atoms with Gasteiger partial charge in [-0.3, -0.25) is 24.0 Å². The molecule has 3 aromatic rings. The van der Waals surface area contributed by atoms with Gasteiger partial charge in [-0.05, 0) is 36.5 Å². The van der Waals surface area contributed by atoms with E-state index in [4.69, 9.17) is 0 Å². The lowest BCUT2D eigenvalue weighted by Crippen LogP contribution is -2.45. The van der Waals surface area contributed by atoms with E-state index in [2.05, 4.69) is 15.4 Å². The number of fused-ring (bicyclic) bond motifs is 1. The predicted octanol–water partition coefficient (Wildman–Crippen LogP) is 2.25. The molecule has 3 amide bonds. The molecule has 1 atom stereocenters. The molecule has 1 aromatic carbocycles. The standard InChI is InChI=1S/C26H28N6O3/c33-24(28-17-20-9-4-11-27-16-20)22-10-5-13-31(22)25(34)21-15-23-26(35)30(12-6-14-32(23)29-21)18-19-7-2-1-3-8-19/h1-4,7-9,11,15-16,22H,5-6,10,12-14,17-18H2,(H,28,33)/t22-/m1/s1. The van der Waals surface area contributed by atoms with Crippen LogP contribution in [-0.4, -0.2) is 61.4 Å². The molecular weight excluding hydrogens is 444 g/mol. The molecule has 0 aliphatic carbocycles. The summed E-state index contributed by atoms with van der Waals surface area (Å²) in [5.74, 6) is -0.636. The molecule has 0 unspecified atom stereocenters. The summed E-state index contributed by atoms with van der Waals surface area (Å²) in [4.78, 5) is 46.9. The minimum atomic E-state index is -0.550. The third-order valence-corrected chi connectivity index (χ3v) is 6.53. The maximum Gasteiger partial charge on any atom is 0.275 e. The molecule has 0 bridgehead atoms. The van der Waals surface area contributed by atoms with Crippen molar-refractivity contribution in [3.8, 4) is 0 Å². The van der Waals surface area contributed by atoms with E-state index in [-0.39, 0.29) is 23.4 Å². The number of rotatable bonds is 6. The van der Waals surface area contributed by atoms with Crippen LogP contribution in [0.4, 0.5) is 0 Å². The monoisotopic (exact) mass is 472 g/mol. The molecule has 2 aromatic heterocycles. The van der Waals surface area contributed by atoms with Crippen molar-refractivity contribution in [1.29, 1.82) is 0 Å². The third kappa shape index (κ3) is 4.94. The van der Waals surface area contributed by atoms with Gasteiger partial charge in [-0.25, -0.2) is 0 Å². The molecule has 0 radical (unpaired) electrons. The minimum Gasteiger partial charge on any atom is -0.350 e. The highest BCUT2D eigenvalue weighted by molar-refractivity contribution is 6.00. The van der Waals surface area contributed by atoms with Crippen molar-refractivity contribution in [3.63, 3.8) is 0 Å². The topological polar surface area (TPSA) is 100 Å². The zero-order valence-electron chi connectivity index (χ0n) is 19.5. The summed E-state index contributed by atoms with van der Waals surface area (Å²) in [7, 11) is 0. The van der Waals surface area contributed by atoms with Gasteiger partial charge in [0.25, 0.3) is 11.8 Å². The van der Waals surface area contributed by atoms with Crippen molar-refractivity contribution in [1.82, 2.24) is 29.9 Å². The highest BCUT2D eigenvalue weighted by Crippen LogP contribution is 2.22. The van der Waals surface area contributed by atoms with E-state index in [0.717, 1.165) is 24.0 Å². The quantitative estimate of drug-likeness (QED) is 0.593. The Hall–Kier alpha value is -4.01. The summed E-state index contributed by atoms with van der Waals surface area (Å²) in [5.41, 5.74) is 2.58. The number of carbonyl (C=O) groups is 3. The van der Waals surface area contributed by atoms with Crippen LogP contribution in [0.1, 0.15) is 51.4 Å². The van der Waals surface area contributed by atoms with E-state index >= 15 is 0 Å². The molecular formula is C26H28N6O3. The number of nitrogens with one attached hydrogen (secondary N) is 1. The molecule has 4 heterocycles. The number of nitrogens with zero attached hydrogens (tertiary/aromatic N) is 5. The first-order chi connectivity index (χ1) is 17.1. The molecule has 35 heavy (non-hydrogen) atoms. The number of hydrogen-bond acceptors (Lipinski definition) is 5. The van der Waals surface area contributed by atoms with Gasteiger partial charge < -0.3 is 15.1 Å². The number of benzene rings is 1. The van der Waals surface area contributed by atoms with Gasteiger partial charge in [-0.2, -0.15) is 5.10 Å². The largest absolute Gasteiger partial charge is 0.350 e. The fourth-order valence-electron chi connectivity index (χ4n) is 4.73. The van der Waals surface area contributed by atoms with Crippen LogP contribution in [0, 0.1) is 0 Å². The van der Waals surface area contributed by atoms with Crippen LogP contribution < -0.4 is 5.32 Å². The smallest absolute Gasteiger partial charge is 0.275 e. The number of aromatic nitrogens is 3. The fourth-order valence-corrected chi connectivity index (χ4v) is 4.73. The Bertz CT molecular complexity index is 1210. The number of amides is 3. The van der Waals surface area contributed by atoms with Gasteiger partial charge in [0, 0.05) is 51.2 Å². The van der Waals surface area contributed by atoms with E-state index in [1.165, 1.54) is 0 Å². The molecule has 1 N–H and O–H groups in total. The molecule has 5 rings (SSSR count). The summed E-state index contributed by atoms with van der Waals surface area (Å²) in [6.45, 7) is 2.55. The maximum absolute atomic E-state index is 13.4. The van der Waals surface area contributed by atoms with E-state index in [9.17, 15) is 14.4 Å². The van der Waals surface area contributed by atoms with Crippen molar-refractivity contribution in [3.05, 3.63) is 83.4 Å². The summed E-state index contributed by atoms with van der Waals surface area (Å²) >= 11 is 0. The summed E-state index contributed by atoms with van der Waals surface area (Å²) in [5, 5.41) is 7.38. The summed E-state index contributed by atoms with van der Waals surface area (Å²) in [6.07, 6.45) is 5.48. The van der Waals surface area contributed by atoms with Gasteiger partial charge in [0.15, 0.2) is 5.69 Å². The number of pyridine rings is 1. The normalized spacial score (nSPS) is 17.7. The summed E-state index contributed by atoms with van der Waals surface area (Å²) in [6, 6.07) is 14.6. The van der Waals surface area contributed by atoms with E-state index in [1.807, 2.05) is 42.5 Å². The average Bonchev–Trinajstić information content (AvgIpc) is 3.52. The first-order valence-corrected chi connectivity index (χ1v) is 12.0. The number of hydrogen-bond donors (Lipinski definition) is 1. The zero-order chi connectivity index (χ0) is 24.2. The third-order valence-electron chi connectivity index (χ3n) is 6.53. The lowest BCUT2D eigenvalue weighted by atomic mass is 10.2. The van der Waals surface area contributed by atoms with Crippen molar-refractivity contribution in [2.45, 2.75) is 44.9 Å².